The van der Waals surface area contributed by atoms with Gasteiger partial charge in [-0.3, -0.25) is 0 Å². The summed E-state index contributed by atoms with van der Waals surface area (Å²) >= 11 is 6.03. The van der Waals surface area contributed by atoms with Gasteiger partial charge in [-0.25, -0.2) is 4.79 Å². The van der Waals surface area contributed by atoms with Gasteiger partial charge >= 0.3 is 5.97 Å². The molecule has 1 N–H and O–H groups in total. The van der Waals surface area contributed by atoms with E-state index in [0.717, 1.165) is 0 Å². The molecule has 0 heterocycles. The fourth-order valence-corrected chi connectivity index (χ4v) is 1.81. The van der Waals surface area contributed by atoms with E-state index in [0.29, 0.717) is 5.75 Å². The van der Waals surface area contributed by atoms with Gasteiger partial charge in [-0.1, -0.05) is 11.6 Å². The van der Waals surface area contributed by atoms with Crippen molar-refractivity contribution in [3.63, 3.8) is 0 Å². The van der Waals surface area contributed by atoms with Crippen LogP contribution < -0.4 is 9.47 Å². The Kier molecular flexibility index (Phi) is 5.44. The van der Waals surface area contributed by atoms with Crippen LogP contribution in [-0.4, -0.2) is 31.4 Å². The van der Waals surface area contributed by atoms with E-state index in [1.54, 1.807) is 6.07 Å². The van der Waals surface area contributed by atoms with Crippen LogP contribution in [0.2, 0.25) is 5.02 Å². The molecule has 0 fully saturated rings. The maximum Gasteiger partial charge on any atom is 0.339 e. The van der Waals surface area contributed by atoms with Crippen LogP contribution in [0.3, 0.4) is 0 Å². The first-order valence-corrected chi connectivity index (χ1v) is 6.09. The van der Waals surface area contributed by atoms with E-state index in [-0.39, 0.29) is 22.4 Å². The van der Waals surface area contributed by atoms with Crippen molar-refractivity contribution < 1.29 is 24.1 Å². The van der Waals surface area contributed by atoms with E-state index in [1.165, 1.54) is 20.3 Å². The van der Waals surface area contributed by atoms with Crippen LogP contribution in [0.4, 0.5) is 0 Å². The highest BCUT2D eigenvalue weighted by Crippen LogP contribution is 2.40. The van der Waals surface area contributed by atoms with Gasteiger partial charge in [-0.05, 0) is 26.0 Å². The molecule has 1 atom stereocenters. The zero-order valence-electron chi connectivity index (χ0n) is 11.3. The Labute approximate surface area is 117 Å². The second-order valence-electron chi connectivity index (χ2n) is 4.08. The highest BCUT2D eigenvalue weighted by atomic mass is 35.5. The van der Waals surface area contributed by atoms with Crippen LogP contribution in [0.15, 0.2) is 12.1 Å². The SMILES string of the molecule is COC(=O)C(O)c1c(Cl)ccc(OC)c1OC(C)C. The predicted octanol–water partition coefficient (Wildman–Crippen LogP) is 2.34. The fraction of sp³-hybridized carbons (Fsp3) is 0.462. The first-order valence-electron chi connectivity index (χ1n) is 5.71. The number of benzene rings is 1. The summed E-state index contributed by atoms with van der Waals surface area (Å²) in [6, 6.07) is 3.13. The van der Waals surface area contributed by atoms with Gasteiger partial charge in [0.25, 0.3) is 0 Å². The summed E-state index contributed by atoms with van der Waals surface area (Å²) in [4.78, 5) is 11.5. The molecule has 0 aliphatic heterocycles. The normalized spacial score (nSPS) is 12.2. The first-order chi connectivity index (χ1) is 8.92. The fourth-order valence-electron chi connectivity index (χ4n) is 1.56. The minimum absolute atomic E-state index is 0.140. The Morgan fingerprint density at radius 2 is 1.95 bits per heavy atom. The van der Waals surface area contributed by atoms with Crippen molar-refractivity contribution >= 4 is 17.6 Å². The van der Waals surface area contributed by atoms with Gasteiger partial charge in [-0.15, -0.1) is 0 Å². The largest absolute Gasteiger partial charge is 0.493 e. The molecule has 0 saturated carbocycles. The summed E-state index contributed by atoms with van der Waals surface area (Å²) in [6.45, 7) is 3.63. The minimum atomic E-state index is -1.53. The number of carbonyl (C=O) groups is 1. The highest BCUT2D eigenvalue weighted by Gasteiger charge is 2.28. The zero-order valence-corrected chi connectivity index (χ0v) is 12.0. The molecule has 1 aromatic rings. The molecule has 1 rings (SSSR count). The average Bonchev–Trinajstić information content (AvgIpc) is 2.37. The number of hydrogen-bond acceptors (Lipinski definition) is 5. The number of methoxy groups -OCH3 is 2. The lowest BCUT2D eigenvalue weighted by atomic mass is 10.1. The van der Waals surface area contributed by atoms with Crippen LogP contribution >= 0.6 is 11.6 Å². The number of hydrogen-bond donors (Lipinski definition) is 1. The summed E-state index contributed by atoms with van der Waals surface area (Å²) in [5.74, 6) is -0.192. The smallest absolute Gasteiger partial charge is 0.339 e. The second kappa shape index (κ2) is 6.63. The molecule has 0 aromatic heterocycles. The number of aliphatic hydroxyl groups excluding tert-OH is 1. The number of esters is 1. The number of halogens is 1. The van der Waals surface area contributed by atoms with Gasteiger partial charge in [0.15, 0.2) is 17.6 Å². The van der Waals surface area contributed by atoms with Crippen LogP contribution in [0, 0.1) is 0 Å². The summed E-state index contributed by atoms with van der Waals surface area (Å²) in [7, 11) is 2.65. The van der Waals surface area contributed by atoms with Crippen molar-refractivity contribution in [1.29, 1.82) is 0 Å². The predicted molar refractivity (Wildman–Crippen MR) is 70.7 cm³/mol. The molecule has 0 radical (unpaired) electrons. The van der Waals surface area contributed by atoms with Crippen LogP contribution in [0.5, 0.6) is 11.5 Å². The molecule has 19 heavy (non-hydrogen) atoms. The molecule has 0 aliphatic carbocycles. The van der Waals surface area contributed by atoms with E-state index in [1.807, 2.05) is 13.8 Å². The van der Waals surface area contributed by atoms with Crippen LogP contribution in [0.1, 0.15) is 25.5 Å². The molecular weight excluding hydrogens is 272 g/mol. The van der Waals surface area contributed by atoms with Gasteiger partial charge in [0.05, 0.1) is 30.9 Å². The Balaban J connectivity index is 3.37. The molecule has 1 unspecified atom stereocenters. The van der Waals surface area contributed by atoms with Crippen molar-refractivity contribution in [2.45, 2.75) is 26.1 Å². The average molecular weight is 289 g/mol. The Bertz CT molecular complexity index is 459. The van der Waals surface area contributed by atoms with Crippen molar-refractivity contribution in [2.24, 2.45) is 0 Å². The van der Waals surface area contributed by atoms with Crippen molar-refractivity contribution in [3.05, 3.63) is 22.7 Å². The van der Waals surface area contributed by atoms with Crippen molar-refractivity contribution in [3.8, 4) is 11.5 Å². The molecule has 0 amide bonds. The first kappa shape index (κ1) is 15.6. The molecule has 0 aliphatic rings. The van der Waals surface area contributed by atoms with Gasteiger partial charge in [0.2, 0.25) is 0 Å². The summed E-state index contributed by atoms with van der Waals surface area (Å²) < 4.78 is 15.3. The van der Waals surface area contributed by atoms with E-state index >= 15 is 0 Å². The lowest BCUT2D eigenvalue weighted by molar-refractivity contribution is -0.150. The lowest BCUT2D eigenvalue weighted by Gasteiger charge is -2.20. The standard InChI is InChI=1S/C13H17ClO5/c1-7(2)19-12-9(17-3)6-5-8(14)10(12)11(15)13(16)18-4/h5-7,11,15H,1-4H3. The molecule has 6 heteroatoms. The third-order valence-corrected chi connectivity index (χ3v) is 2.71. The molecule has 0 saturated heterocycles. The lowest BCUT2D eigenvalue weighted by Crippen LogP contribution is -2.17. The van der Waals surface area contributed by atoms with Gasteiger partial charge in [0, 0.05) is 0 Å². The van der Waals surface area contributed by atoms with Crippen molar-refractivity contribution in [2.75, 3.05) is 14.2 Å². The maximum atomic E-state index is 11.5. The summed E-state index contributed by atoms with van der Waals surface area (Å²) in [5.41, 5.74) is 0.140. The Morgan fingerprint density at radius 3 is 2.42 bits per heavy atom. The highest BCUT2D eigenvalue weighted by molar-refractivity contribution is 6.32. The van der Waals surface area contributed by atoms with E-state index < -0.39 is 12.1 Å². The third kappa shape index (κ3) is 3.52. The molecule has 106 valence electrons. The monoisotopic (exact) mass is 288 g/mol. The van der Waals surface area contributed by atoms with Gasteiger partial charge < -0.3 is 19.3 Å². The Hall–Kier alpha value is -1.46. The van der Waals surface area contributed by atoms with Crippen LogP contribution in [0.25, 0.3) is 0 Å². The van der Waals surface area contributed by atoms with E-state index in [4.69, 9.17) is 21.1 Å². The van der Waals surface area contributed by atoms with Crippen molar-refractivity contribution in [1.82, 2.24) is 0 Å². The third-order valence-electron chi connectivity index (χ3n) is 2.38. The minimum Gasteiger partial charge on any atom is -0.493 e. The Morgan fingerprint density at radius 1 is 1.32 bits per heavy atom. The second-order valence-corrected chi connectivity index (χ2v) is 4.49. The topological polar surface area (TPSA) is 65.0 Å². The van der Waals surface area contributed by atoms with Gasteiger partial charge in [-0.2, -0.15) is 0 Å². The zero-order chi connectivity index (χ0) is 14.6. The van der Waals surface area contributed by atoms with Crippen LogP contribution in [-0.2, 0) is 9.53 Å². The molecule has 0 bridgehead atoms. The molecule has 5 nitrogen and oxygen atoms in total. The van der Waals surface area contributed by atoms with Gasteiger partial charge in [0.1, 0.15) is 0 Å². The summed E-state index contributed by atoms with van der Waals surface area (Å²) in [6.07, 6.45) is -1.70. The number of carbonyl (C=O) groups excluding carboxylic acids is 1. The number of ether oxygens (including phenoxy) is 3. The number of aliphatic hydroxyl groups is 1. The molecular formula is C13H17ClO5. The molecule has 1 aromatic carbocycles. The quantitative estimate of drug-likeness (QED) is 0.843. The maximum absolute atomic E-state index is 11.5. The molecule has 0 spiro atoms. The number of rotatable bonds is 5. The van der Waals surface area contributed by atoms with E-state index in [2.05, 4.69) is 4.74 Å². The summed E-state index contributed by atoms with van der Waals surface area (Å²) in [5, 5.41) is 10.2. The van der Waals surface area contributed by atoms with E-state index in [9.17, 15) is 9.90 Å².